The van der Waals surface area contributed by atoms with Gasteiger partial charge in [-0.15, -0.1) is 0 Å². The summed E-state index contributed by atoms with van der Waals surface area (Å²) in [6.07, 6.45) is 0. The molecule has 0 saturated carbocycles. The van der Waals surface area contributed by atoms with Gasteiger partial charge in [0.05, 0.1) is 4.92 Å². The highest BCUT2D eigenvalue weighted by Crippen LogP contribution is 2.29. The van der Waals surface area contributed by atoms with Crippen molar-refractivity contribution in [3.63, 3.8) is 0 Å². The summed E-state index contributed by atoms with van der Waals surface area (Å²) in [4.78, 5) is 12.6. The molecule has 0 aromatic heterocycles. The van der Waals surface area contributed by atoms with Gasteiger partial charge in [-0.25, -0.2) is 0 Å². The number of nitro groups is 1. The Labute approximate surface area is 92.4 Å². The summed E-state index contributed by atoms with van der Waals surface area (Å²) in [5.74, 6) is 2.10. The molecule has 1 aromatic carbocycles. The van der Waals surface area contributed by atoms with Crippen molar-refractivity contribution in [2.24, 2.45) is 0 Å². The Hall–Kier alpha value is -1.23. The first-order chi connectivity index (χ1) is 7.29. The Kier molecular flexibility index (Phi) is 3.11. The van der Waals surface area contributed by atoms with Crippen LogP contribution in [-0.2, 0) is 0 Å². The van der Waals surface area contributed by atoms with Crippen LogP contribution < -0.4 is 4.90 Å². The largest absolute Gasteiger partial charge is 0.364 e. The molecular formula is C10H12N2O2S. The third kappa shape index (κ3) is 2.23. The molecule has 5 heteroatoms. The van der Waals surface area contributed by atoms with E-state index >= 15 is 0 Å². The van der Waals surface area contributed by atoms with Crippen molar-refractivity contribution in [3.05, 3.63) is 34.4 Å². The van der Waals surface area contributed by atoms with Gasteiger partial charge in [0.25, 0.3) is 5.69 Å². The number of nitrogens with zero attached hydrogens (tertiary/aromatic N) is 2. The van der Waals surface area contributed by atoms with E-state index in [2.05, 4.69) is 4.90 Å². The molecule has 80 valence electrons. The SMILES string of the molecule is O=[N+]([O-])c1ccccc1N1CCSCC1. The van der Waals surface area contributed by atoms with Crippen LogP contribution in [-0.4, -0.2) is 29.5 Å². The first-order valence-corrected chi connectivity index (χ1v) is 6.00. The molecule has 0 amide bonds. The molecule has 1 heterocycles. The van der Waals surface area contributed by atoms with Crippen LogP contribution in [0.2, 0.25) is 0 Å². The minimum absolute atomic E-state index is 0.212. The molecule has 15 heavy (non-hydrogen) atoms. The van der Waals surface area contributed by atoms with Gasteiger partial charge in [0, 0.05) is 30.7 Å². The van der Waals surface area contributed by atoms with Crippen molar-refractivity contribution in [1.29, 1.82) is 0 Å². The van der Waals surface area contributed by atoms with E-state index < -0.39 is 0 Å². The van der Waals surface area contributed by atoms with E-state index in [-0.39, 0.29) is 10.6 Å². The minimum atomic E-state index is -0.308. The second kappa shape index (κ2) is 4.53. The average molecular weight is 224 g/mol. The Morgan fingerprint density at radius 3 is 2.60 bits per heavy atom. The van der Waals surface area contributed by atoms with Crippen LogP contribution in [0.5, 0.6) is 0 Å². The van der Waals surface area contributed by atoms with Gasteiger partial charge in [-0.05, 0) is 6.07 Å². The molecule has 0 N–H and O–H groups in total. The monoisotopic (exact) mass is 224 g/mol. The van der Waals surface area contributed by atoms with Crippen LogP contribution in [0.1, 0.15) is 0 Å². The second-order valence-electron chi connectivity index (χ2n) is 3.35. The van der Waals surface area contributed by atoms with Crippen molar-refractivity contribution in [2.75, 3.05) is 29.5 Å². The lowest BCUT2D eigenvalue weighted by Gasteiger charge is -2.27. The van der Waals surface area contributed by atoms with E-state index in [1.54, 1.807) is 12.1 Å². The smallest absolute Gasteiger partial charge is 0.292 e. The third-order valence-corrected chi connectivity index (χ3v) is 3.37. The molecule has 0 atom stereocenters. The lowest BCUT2D eigenvalue weighted by atomic mass is 10.2. The van der Waals surface area contributed by atoms with Crippen LogP contribution in [0.4, 0.5) is 11.4 Å². The first-order valence-electron chi connectivity index (χ1n) is 4.85. The van der Waals surface area contributed by atoms with Gasteiger partial charge in [-0.1, -0.05) is 12.1 Å². The maximum atomic E-state index is 10.8. The molecule has 0 bridgehead atoms. The molecule has 1 aromatic rings. The zero-order valence-electron chi connectivity index (χ0n) is 8.26. The van der Waals surface area contributed by atoms with Crippen LogP contribution in [0.25, 0.3) is 0 Å². The maximum Gasteiger partial charge on any atom is 0.292 e. The predicted molar refractivity (Wildman–Crippen MR) is 62.6 cm³/mol. The Bertz CT molecular complexity index is 364. The third-order valence-electron chi connectivity index (χ3n) is 2.43. The summed E-state index contributed by atoms with van der Waals surface area (Å²) in [7, 11) is 0. The van der Waals surface area contributed by atoms with Crippen LogP contribution in [0.15, 0.2) is 24.3 Å². The van der Waals surface area contributed by atoms with Crippen molar-refractivity contribution in [2.45, 2.75) is 0 Å². The molecule has 0 spiro atoms. The van der Waals surface area contributed by atoms with Crippen molar-refractivity contribution < 1.29 is 4.92 Å². The van der Waals surface area contributed by atoms with Gasteiger partial charge in [-0.3, -0.25) is 10.1 Å². The number of thioether (sulfide) groups is 1. The molecule has 0 radical (unpaired) electrons. The number of hydrogen-bond acceptors (Lipinski definition) is 4. The number of nitro benzene ring substituents is 1. The Balaban J connectivity index is 2.29. The quantitative estimate of drug-likeness (QED) is 0.570. The molecule has 0 unspecified atom stereocenters. The highest BCUT2D eigenvalue weighted by Gasteiger charge is 2.19. The van der Waals surface area contributed by atoms with Crippen molar-refractivity contribution in [1.82, 2.24) is 0 Å². The number of rotatable bonds is 2. The van der Waals surface area contributed by atoms with Crippen LogP contribution in [0.3, 0.4) is 0 Å². The molecule has 2 rings (SSSR count). The fraction of sp³-hybridized carbons (Fsp3) is 0.400. The first kappa shape index (κ1) is 10.3. The van der Waals surface area contributed by atoms with Gasteiger partial charge in [0.1, 0.15) is 5.69 Å². The van der Waals surface area contributed by atoms with E-state index in [9.17, 15) is 10.1 Å². The molecule has 1 fully saturated rings. The zero-order valence-corrected chi connectivity index (χ0v) is 9.07. The summed E-state index contributed by atoms with van der Waals surface area (Å²) < 4.78 is 0. The standard InChI is InChI=1S/C10H12N2O2S/c13-12(14)10-4-2-1-3-9(10)11-5-7-15-8-6-11/h1-4H,5-8H2. The number of hydrogen-bond donors (Lipinski definition) is 0. The van der Waals surface area contributed by atoms with E-state index in [4.69, 9.17) is 0 Å². The second-order valence-corrected chi connectivity index (χ2v) is 4.57. The number of para-hydroxylation sites is 2. The fourth-order valence-corrected chi connectivity index (χ4v) is 2.59. The molecule has 1 saturated heterocycles. The van der Waals surface area contributed by atoms with Crippen molar-refractivity contribution in [3.8, 4) is 0 Å². The lowest BCUT2D eigenvalue weighted by molar-refractivity contribution is -0.384. The summed E-state index contributed by atoms with van der Waals surface area (Å²) in [5, 5.41) is 10.8. The van der Waals surface area contributed by atoms with Crippen LogP contribution >= 0.6 is 11.8 Å². The van der Waals surface area contributed by atoms with E-state index in [1.807, 2.05) is 23.9 Å². The van der Waals surface area contributed by atoms with E-state index in [1.165, 1.54) is 0 Å². The van der Waals surface area contributed by atoms with Crippen LogP contribution in [0, 0.1) is 10.1 Å². The molecule has 0 aliphatic carbocycles. The summed E-state index contributed by atoms with van der Waals surface area (Å²) >= 11 is 1.90. The highest BCUT2D eigenvalue weighted by atomic mass is 32.2. The molecule has 4 nitrogen and oxygen atoms in total. The Morgan fingerprint density at radius 2 is 1.93 bits per heavy atom. The maximum absolute atomic E-state index is 10.8. The summed E-state index contributed by atoms with van der Waals surface area (Å²) in [6.45, 7) is 1.80. The average Bonchev–Trinajstić information content (AvgIpc) is 2.30. The summed E-state index contributed by atoms with van der Waals surface area (Å²) in [5.41, 5.74) is 0.965. The molecular weight excluding hydrogens is 212 g/mol. The number of benzene rings is 1. The van der Waals surface area contributed by atoms with E-state index in [0.717, 1.165) is 30.3 Å². The minimum Gasteiger partial charge on any atom is -0.364 e. The number of anilines is 1. The predicted octanol–water partition coefficient (Wildman–Crippen LogP) is 2.15. The van der Waals surface area contributed by atoms with Gasteiger partial charge >= 0.3 is 0 Å². The normalized spacial score (nSPS) is 16.4. The highest BCUT2D eigenvalue weighted by molar-refractivity contribution is 7.99. The van der Waals surface area contributed by atoms with Crippen molar-refractivity contribution >= 4 is 23.1 Å². The Morgan fingerprint density at radius 1 is 1.27 bits per heavy atom. The van der Waals surface area contributed by atoms with Gasteiger partial charge in [0.2, 0.25) is 0 Å². The van der Waals surface area contributed by atoms with Gasteiger partial charge in [0.15, 0.2) is 0 Å². The molecule has 1 aliphatic heterocycles. The lowest BCUT2D eigenvalue weighted by Crippen LogP contribution is -2.32. The topological polar surface area (TPSA) is 46.4 Å². The molecule has 1 aliphatic rings. The van der Waals surface area contributed by atoms with Gasteiger partial charge < -0.3 is 4.90 Å². The van der Waals surface area contributed by atoms with E-state index in [0.29, 0.717) is 0 Å². The zero-order chi connectivity index (χ0) is 10.7. The fourth-order valence-electron chi connectivity index (χ4n) is 1.69. The van der Waals surface area contributed by atoms with Gasteiger partial charge in [-0.2, -0.15) is 11.8 Å². The summed E-state index contributed by atoms with van der Waals surface area (Å²) in [6, 6.07) is 6.95.